The Morgan fingerprint density at radius 1 is 1.50 bits per heavy atom. The quantitative estimate of drug-likeness (QED) is 0.935. The van der Waals surface area contributed by atoms with E-state index in [1.54, 1.807) is 6.92 Å². The largest absolute Gasteiger partial charge is 0.450 e. The molecule has 0 unspecified atom stereocenters. The summed E-state index contributed by atoms with van der Waals surface area (Å²) in [5.74, 6) is 0.0500. The molecule has 0 saturated heterocycles. The van der Waals surface area contributed by atoms with Gasteiger partial charge >= 0.3 is 6.09 Å². The van der Waals surface area contributed by atoms with Gasteiger partial charge in [-0.2, -0.15) is 0 Å². The van der Waals surface area contributed by atoms with Crippen molar-refractivity contribution in [3.8, 4) is 0 Å². The molecule has 3 rings (SSSR count). The number of hydrogen-bond acceptors (Lipinski definition) is 6. The number of fused-ring (bicyclic) bond motifs is 1. The number of aromatic nitrogens is 1. The van der Waals surface area contributed by atoms with Gasteiger partial charge < -0.3 is 9.64 Å². The molecule has 22 heavy (non-hydrogen) atoms. The van der Waals surface area contributed by atoms with Gasteiger partial charge in [-0.3, -0.25) is 10.1 Å². The van der Waals surface area contributed by atoms with Crippen molar-refractivity contribution < 1.29 is 14.3 Å². The fourth-order valence-corrected chi connectivity index (χ4v) is 3.93. The van der Waals surface area contributed by atoms with Gasteiger partial charge in [-0.1, -0.05) is 17.4 Å². The van der Waals surface area contributed by atoms with Gasteiger partial charge in [0, 0.05) is 17.8 Å². The van der Waals surface area contributed by atoms with Gasteiger partial charge in [0.1, 0.15) is 0 Å². The molecule has 0 spiro atoms. The van der Waals surface area contributed by atoms with E-state index in [0.717, 1.165) is 15.4 Å². The van der Waals surface area contributed by atoms with Crippen LogP contribution in [0.15, 0.2) is 17.5 Å². The molecule has 0 saturated carbocycles. The van der Waals surface area contributed by atoms with Crippen molar-refractivity contribution in [2.75, 3.05) is 18.5 Å². The van der Waals surface area contributed by atoms with Crippen LogP contribution in [0.5, 0.6) is 0 Å². The van der Waals surface area contributed by atoms with Crippen molar-refractivity contribution in [3.63, 3.8) is 0 Å². The Labute approximate surface area is 135 Å². The van der Waals surface area contributed by atoms with Crippen molar-refractivity contribution >= 4 is 39.8 Å². The summed E-state index contributed by atoms with van der Waals surface area (Å²) in [6, 6.07) is 3.71. The first kappa shape index (κ1) is 15.0. The third-order valence-electron chi connectivity index (χ3n) is 3.23. The van der Waals surface area contributed by atoms with Gasteiger partial charge in [0.25, 0.3) is 5.91 Å². The molecule has 0 aromatic carbocycles. The molecule has 6 nitrogen and oxygen atoms in total. The van der Waals surface area contributed by atoms with E-state index < -0.39 is 6.09 Å². The number of hydrogen-bond donors (Lipinski definition) is 1. The number of ether oxygens (including phenoxy) is 1. The Balaban J connectivity index is 1.69. The second kappa shape index (κ2) is 6.45. The Morgan fingerprint density at radius 2 is 2.36 bits per heavy atom. The van der Waals surface area contributed by atoms with Crippen LogP contribution in [0.25, 0.3) is 0 Å². The lowest BCUT2D eigenvalue weighted by Crippen LogP contribution is -2.35. The van der Waals surface area contributed by atoms with E-state index >= 15 is 0 Å². The summed E-state index contributed by atoms with van der Waals surface area (Å²) < 4.78 is 4.84. The minimum Gasteiger partial charge on any atom is -0.450 e. The average Bonchev–Trinajstić information content (AvgIpc) is 3.14. The predicted octanol–water partition coefficient (Wildman–Crippen LogP) is 2.97. The van der Waals surface area contributed by atoms with Crippen molar-refractivity contribution in [1.82, 2.24) is 9.88 Å². The Hall–Kier alpha value is -1.93. The van der Waals surface area contributed by atoms with Crippen molar-refractivity contribution in [3.05, 3.63) is 33.0 Å². The second-order valence-electron chi connectivity index (χ2n) is 4.69. The van der Waals surface area contributed by atoms with Crippen molar-refractivity contribution in [1.29, 1.82) is 0 Å². The summed E-state index contributed by atoms with van der Waals surface area (Å²) in [7, 11) is 0. The zero-order valence-electron chi connectivity index (χ0n) is 12.0. The topological polar surface area (TPSA) is 71.5 Å². The number of nitrogens with one attached hydrogen (secondary N) is 1. The number of rotatable bonds is 3. The number of carbonyl (C=O) groups is 2. The maximum absolute atomic E-state index is 12.4. The Kier molecular flexibility index (Phi) is 4.39. The Morgan fingerprint density at radius 3 is 3.09 bits per heavy atom. The molecule has 8 heteroatoms. The summed E-state index contributed by atoms with van der Waals surface area (Å²) >= 11 is 2.84. The van der Waals surface area contributed by atoms with E-state index in [1.165, 1.54) is 22.7 Å². The van der Waals surface area contributed by atoms with Crippen LogP contribution >= 0.6 is 22.7 Å². The van der Waals surface area contributed by atoms with Crippen molar-refractivity contribution in [2.45, 2.75) is 19.9 Å². The molecule has 0 bridgehead atoms. The highest BCUT2D eigenvalue weighted by Crippen LogP contribution is 2.29. The molecular weight excluding hydrogens is 322 g/mol. The van der Waals surface area contributed by atoms with Crippen LogP contribution in [0.3, 0.4) is 0 Å². The highest BCUT2D eigenvalue weighted by molar-refractivity contribution is 7.15. The number of amides is 2. The lowest BCUT2D eigenvalue weighted by Gasteiger charge is -2.25. The SMILES string of the molecule is CCOC(=O)Nc1nc2c(s1)CN(C(=O)c1cccs1)CC2. The zero-order valence-corrected chi connectivity index (χ0v) is 13.6. The molecule has 1 N–H and O–H groups in total. The maximum Gasteiger partial charge on any atom is 0.413 e. The summed E-state index contributed by atoms with van der Waals surface area (Å²) in [6.07, 6.45) is 0.202. The van der Waals surface area contributed by atoms with E-state index in [1.807, 2.05) is 22.4 Å². The molecule has 1 aliphatic rings. The molecular formula is C14H15N3O3S2. The first-order valence-electron chi connectivity index (χ1n) is 6.92. The van der Waals surface area contributed by atoms with E-state index in [9.17, 15) is 9.59 Å². The summed E-state index contributed by atoms with van der Waals surface area (Å²) in [4.78, 5) is 31.8. The zero-order chi connectivity index (χ0) is 15.5. The number of nitrogens with zero attached hydrogens (tertiary/aromatic N) is 2. The van der Waals surface area contributed by atoms with E-state index in [0.29, 0.717) is 31.2 Å². The molecule has 0 radical (unpaired) electrons. The van der Waals surface area contributed by atoms with E-state index in [-0.39, 0.29) is 5.91 Å². The number of thiophene rings is 1. The smallest absolute Gasteiger partial charge is 0.413 e. The van der Waals surface area contributed by atoms with Crippen LogP contribution in [-0.4, -0.2) is 35.0 Å². The third-order valence-corrected chi connectivity index (χ3v) is 5.09. The minimum absolute atomic E-state index is 0.0500. The maximum atomic E-state index is 12.4. The van der Waals surface area contributed by atoms with Crippen LogP contribution in [0.4, 0.5) is 9.93 Å². The highest BCUT2D eigenvalue weighted by atomic mass is 32.1. The van der Waals surface area contributed by atoms with Gasteiger partial charge in [0.05, 0.1) is 23.7 Å². The lowest BCUT2D eigenvalue weighted by molar-refractivity contribution is 0.0741. The normalized spacial score (nSPS) is 13.6. The van der Waals surface area contributed by atoms with Gasteiger partial charge in [-0.05, 0) is 18.4 Å². The van der Waals surface area contributed by atoms with Gasteiger partial charge in [-0.15, -0.1) is 11.3 Å². The molecule has 1 aliphatic heterocycles. The summed E-state index contributed by atoms with van der Waals surface area (Å²) in [5.41, 5.74) is 0.951. The summed E-state index contributed by atoms with van der Waals surface area (Å²) in [6.45, 7) is 3.25. The molecule has 0 atom stereocenters. The molecule has 0 aliphatic carbocycles. The number of anilines is 1. The van der Waals surface area contributed by atoms with Crippen LogP contribution in [0.1, 0.15) is 27.2 Å². The van der Waals surface area contributed by atoms with Gasteiger partial charge in [0.2, 0.25) is 0 Å². The highest BCUT2D eigenvalue weighted by Gasteiger charge is 2.25. The molecule has 116 valence electrons. The Bertz CT molecular complexity index is 682. The molecule has 3 heterocycles. The molecule has 0 fully saturated rings. The van der Waals surface area contributed by atoms with Crippen LogP contribution in [-0.2, 0) is 17.7 Å². The number of thiazole rings is 1. The van der Waals surface area contributed by atoms with Gasteiger partial charge in [-0.25, -0.2) is 9.78 Å². The first-order chi connectivity index (χ1) is 10.7. The summed E-state index contributed by atoms with van der Waals surface area (Å²) in [5, 5.41) is 5.04. The second-order valence-corrected chi connectivity index (χ2v) is 6.72. The van der Waals surface area contributed by atoms with Crippen molar-refractivity contribution in [2.24, 2.45) is 0 Å². The minimum atomic E-state index is -0.500. The van der Waals surface area contributed by atoms with E-state index in [4.69, 9.17) is 4.74 Å². The molecule has 2 aromatic heterocycles. The van der Waals surface area contributed by atoms with Gasteiger partial charge in [0.15, 0.2) is 5.13 Å². The first-order valence-corrected chi connectivity index (χ1v) is 8.62. The third kappa shape index (κ3) is 3.12. The fourth-order valence-electron chi connectivity index (χ4n) is 2.23. The number of carbonyl (C=O) groups excluding carboxylic acids is 2. The standard InChI is InChI=1S/C14H15N3O3S2/c1-2-20-14(19)16-13-15-9-5-6-17(8-11(9)22-13)12(18)10-4-3-7-21-10/h3-4,7H,2,5-6,8H2,1H3,(H,15,16,19). The predicted molar refractivity (Wildman–Crippen MR) is 85.5 cm³/mol. The molecule has 2 amide bonds. The van der Waals surface area contributed by atoms with Crippen LogP contribution < -0.4 is 5.32 Å². The van der Waals surface area contributed by atoms with Crippen LogP contribution in [0.2, 0.25) is 0 Å². The molecule has 2 aromatic rings. The average molecular weight is 337 g/mol. The van der Waals surface area contributed by atoms with E-state index in [2.05, 4.69) is 10.3 Å². The fraction of sp³-hybridized carbons (Fsp3) is 0.357. The van der Waals surface area contributed by atoms with Crippen LogP contribution in [0, 0.1) is 0 Å². The lowest BCUT2D eigenvalue weighted by atomic mass is 10.2. The monoisotopic (exact) mass is 337 g/mol.